The zero-order valence-corrected chi connectivity index (χ0v) is 14.3. The van der Waals surface area contributed by atoms with Gasteiger partial charge < -0.3 is 5.32 Å². The van der Waals surface area contributed by atoms with Crippen LogP contribution < -0.4 is 5.32 Å². The highest BCUT2D eigenvalue weighted by molar-refractivity contribution is 7.09. The molecule has 0 saturated carbocycles. The van der Waals surface area contributed by atoms with Crippen LogP contribution in [-0.4, -0.2) is 11.5 Å². The maximum Gasteiger partial charge on any atom is 0.129 e. The van der Waals surface area contributed by atoms with Gasteiger partial charge >= 0.3 is 0 Å². The highest BCUT2D eigenvalue weighted by atomic mass is 35.5. The average Bonchev–Trinajstić information content (AvgIpc) is 2.86. The van der Waals surface area contributed by atoms with Gasteiger partial charge in [-0.25, -0.2) is 9.37 Å². The number of halogens is 2. The molecule has 0 saturated heterocycles. The molecule has 0 aliphatic carbocycles. The molecule has 21 heavy (non-hydrogen) atoms. The van der Waals surface area contributed by atoms with Crippen molar-refractivity contribution in [2.75, 3.05) is 6.54 Å². The van der Waals surface area contributed by atoms with Crippen molar-refractivity contribution in [3.8, 4) is 0 Å². The average molecular weight is 327 g/mol. The summed E-state index contributed by atoms with van der Waals surface area (Å²) in [7, 11) is 0. The molecule has 5 heteroatoms. The third-order valence-corrected chi connectivity index (χ3v) is 4.47. The van der Waals surface area contributed by atoms with Crippen molar-refractivity contribution in [3.05, 3.63) is 50.7 Å². The first-order chi connectivity index (χ1) is 9.84. The summed E-state index contributed by atoms with van der Waals surface area (Å²) in [6.07, 6.45) is 0. The quantitative estimate of drug-likeness (QED) is 0.861. The van der Waals surface area contributed by atoms with Crippen LogP contribution in [0.5, 0.6) is 0 Å². The lowest BCUT2D eigenvalue weighted by Crippen LogP contribution is -2.23. The summed E-state index contributed by atoms with van der Waals surface area (Å²) in [4.78, 5) is 4.69. The lowest BCUT2D eigenvalue weighted by Gasteiger charge is -2.19. The number of hydrogen-bond acceptors (Lipinski definition) is 3. The van der Waals surface area contributed by atoms with Gasteiger partial charge in [-0.15, -0.1) is 11.3 Å². The minimum Gasteiger partial charge on any atom is -0.304 e. The molecule has 1 N–H and O–H groups in total. The Balaban J connectivity index is 2.47. The lowest BCUT2D eigenvalue weighted by molar-refractivity contribution is 0.545. The summed E-state index contributed by atoms with van der Waals surface area (Å²) in [5, 5.41) is 6.59. The van der Waals surface area contributed by atoms with Crippen LogP contribution in [0.4, 0.5) is 4.39 Å². The zero-order valence-electron chi connectivity index (χ0n) is 12.7. The van der Waals surface area contributed by atoms with Crippen LogP contribution in [0.25, 0.3) is 0 Å². The van der Waals surface area contributed by atoms with Gasteiger partial charge in [0, 0.05) is 21.4 Å². The van der Waals surface area contributed by atoms with E-state index in [-0.39, 0.29) is 17.3 Å². The molecule has 2 rings (SSSR count). The monoisotopic (exact) mass is 326 g/mol. The standard InChI is InChI=1S/C16H20ClFN2S/c1-5-19-14(13-10(17)7-6-8-11(13)18)15-20-12(9-21-15)16(2,3)4/h6-9,14,19H,5H2,1-4H3. The molecule has 0 aliphatic rings. The highest BCUT2D eigenvalue weighted by Gasteiger charge is 2.25. The molecule has 0 bridgehead atoms. The third-order valence-electron chi connectivity index (χ3n) is 3.23. The fourth-order valence-electron chi connectivity index (χ4n) is 2.07. The Morgan fingerprint density at radius 1 is 1.38 bits per heavy atom. The van der Waals surface area contributed by atoms with Gasteiger partial charge in [0.2, 0.25) is 0 Å². The van der Waals surface area contributed by atoms with Gasteiger partial charge in [0.25, 0.3) is 0 Å². The van der Waals surface area contributed by atoms with E-state index >= 15 is 0 Å². The Hall–Kier alpha value is -0.970. The van der Waals surface area contributed by atoms with Crippen LogP contribution in [0.15, 0.2) is 23.6 Å². The summed E-state index contributed by atoms with van der Waals surface area (Å²) in [6.45, 7) is 9.04. The molecule has 0 radical (unpaired) electrons. The maximum absolute atomic E-state index is 14.2. The third kappa shape index (κ3) is 3.62. The van der Waals surface area contributed by atoms with Crippen molar-refractivity contribution in [3.63, 3.8) is 0 Å². The van der Waals surface area contributed by atoms with Crippen molar-refractivity contribution in [1.82, 2.24) is 10.3 Å². The first-order valence-electron chi connectivity index (χ1n) is 6.97. The van der Waals surface area contributed by atoms with Gasteiger partial charge in [-0.05, 0) is 18.7 Å². The number of thiazole rings is 1. The summed E-state index contributed by atoms with van der Waals surface area (Å²) in [5.41, 5.74) is 1.46. The van der Waals surface area contributed by atoms with E-state index in [9.17, 15) is 4.39 Å². The molecule has 1 aromatic heterocycles. The molecule has 0 aliphatic heterocycles. The minimum atomic E-state index is -0.315. The first-order valence-corrected chi connectivity index (χ1v) is 8.23. The van der Waals surface area contributed by atoms with Gasteiger partial charge in [0.15, 0.2) is 0 Å². The predicted octanol–water partition coefficient (Wildman–Crippen LogP) is 4.93. The van der Waals surface area contributed by atoms with Crippen LogP contribution in [0.3, 0.4) is 0 Å². The Kier molecular flexibility index (Phi) is 5.02. The Labute approximate surface area is 134 Å². The molecule has 0 fully saturated rings. The zero-order chi connectivity index (χ0) is 15.6. The second-order valence-electron chi connectivity index (χ2n) is 5.95. The number of hydrogen-bond donors (Lipinski definition) is 1. The number of benzene rings is 1. The maximum atomic E-state index is 14.2. The molecular weight excluding hydrogens is 307 g/mol. The fourth-order valence-corrected chi connectivity index (χ4v) is 3.47. The normalized spacial score (nSPS) is 13.4. The SMILES string of the molecule is CCNC(c1nc(C(C)(C)C)cs1)c1c(F)cccc1Cl. The number of aromatic nitrogens is 1. The van der Waals surface area contributed by atoms with Crippen molar-refractivity contribution in [2.45, 2.75) is 39.2 Å². The molecule has 1 atom stereocenters. The predicted molar refractivity (Wildman–Crippen MR) is 87.7 cm³/mol. The number of rotatable bonds is 4. The topological polar surface area (TPSA) is 24.9 Å². The molecule has 2 nitrogen and oxygen atoms in total. The molecule has 1 heterocycles. The van der Waals surface area contributed by atoms with E-state index in [1.165, 1.54) is 17.4 Å². The second-order valence-corrected chi connectivity index (χ2v) is 7.24. The van der Waals surface area contributed by atoms with E-state index in [2.05, 4.69) is 31.1 Å². The van der Waals surface area contributed by atoms with Crippen LogP contribution >= 0.6 is 22.9 Å². The van der Waals surface area contributed by atoms with Crippen molar-refractivity contribution in [2.24, 2.45) is 0 Å². The molecular formula is C16H20ClFN2S. The fraction of sp³-hybridized carbons (Fsp3) is 0.438. The van der Waals surface area contributed by atoms with E-state index in [1.807, 2.05) is 12.3 Å². The van der Waals surface area contributed by atoms with Gasteiger partial charge in [-0.2, -0.15) is 0 Å². The molecule has 114 valence electrons. The Morgan fingerprint density at radius 2 is 2.10 bits per heavy atom. The van der Waals surface area contributed by atoms with Gasteiger partial charge in [0.1, 0.15) is 10.8 Å². The molecule has 1 unspecified atom stereocenters. The number of nitrogens with zero attached hydrogens (tertiary/aromatic N) is 1. The first kappa shape index (κ1) is 16.4. The van der Waals surface area contributed by atoms with E-state index < -0.39 is 0 Å². The van der Waals surface area contributed by atoms with Crippen LogP contribution in [0.1, 0.15) is 50.0 Å². The molecule has 2 aromatic rings. The highest BCUT2D eigenvalue weighted by Crippen LogP contribution is 2.34. The van der Waals surface area contributed by atoms with Gasteiger partial charge in [0.05, 0.1) is 11.7 Å². The van der Waals surface area contributed by atoms with Crippen molar-refractivity contribution in [1.29, 1.82) is 0 Å². The Morgan fingerprint density at radius 3 is 2.62 bits per heavy atom. The van der Waals surface area contributed by atoms with E-state index in [4.69, 9.17) is 11.6 Å². The molecule has 1 aromatic carbocycles. The summed E-state index contributed by atoms with van der Waals surface area (Å²) < 4.78 is 14.2. The summed E-state index contributed by atoms with van der Waals surface area (Å²) in [5.74, 6) is -0.305. The largest absolute Gasteiger partial charge is 0.304 e. The van der Waals surface area contributed by atoms with Gasteiger partial charge in [-0.3, -0.25) is 0 Å². The van der Waals surface area contributed by atoms with E-state index in [0.29, 0.717) is 17.1 Å². The van der Waals surface area contributed by atoms with E-state index in [0.717, 1.165) is 10.7 Å². The molecule has 0 amide bonds. The lowest BCUT2D eigenvalue weighted by atomic mass is 9.93. The van der Waals surface area contributed by atoms with Crippen molar-refractivity contribution < 1.29 is 4.39 Å². The summed E-state index contributed by atoms with van der Waals surface area (Å²) in [6, 6.07) is 4.45. The molecule has 0 spiro atoms. The summed E-state index contributed by atoms with van der Waals surface area (Å²) >= 11 is 7.74. The Bertz CT molecular complexity index is 599. The van der Waals surface area contributed by atoms with Crippen LogP contribution in [0.2, 0.25) is 5.02 Å². The van der Waals surface area contributed by atoms with E-state index in [1.54, 1.807) is 12.1 Å². The number of nitrogens with one attached hydrogen (secondary N) is 1. The van der Waals surface area contributed by atoms with Crippen LogP contribution in [-0.2, 0) is 5.41 Å². The minimum absolute atomic E-state index is 0.0233. The van der Waals surface area contributed by atoms with Crippen molar-refractivity contribution >= 4 is 22.9 Å². The second kappa shape index (κ2) is 6.42. The smallest absolute Gasteiger partial charge is 0.129 e. The van der Waals surface area contributed by atoms with Gasteiger partial charge in [-0.1, -0.05) is 45.4 Å². The van der Waals surface area contributed by atoms with Crippen LogP contribution in [0, 0.1) is 5.82 Å².